The van der Waals surface area contributed by atoms with E-state index in [4.69, 9.17) is 4.74 Å². The van der Waals surface area contributed by atoms with Gasteiger partial charge in [-0.2, -0.15) is 0 Å². The zero-order valence-electron chi connectivity index (χ0n) is 13.5. The Bertz CT molecular complexity index is 450. The highest BCUT2D eigenvalue weighted by Crippen LogP contribution is 2.27. The minimum atomic E-state index is -3.31. The third-order valence-electron chi connectivity index (χ3n) is 3.83. The Morgan fingerprint density at radius 1 is 1.43 bits per heavy atom. The van der Waals surface area contributed by atoms with Gasteiger partial charge in [-0.15, -0.1) is 0 Å². The van der Waals surface area contributed by atoms with Gasteiger partial charge in [0.2, 0.25) is 15.9 Å². The number of carbonyl (C=O) groups excluding carboxylic acids is 1. The number of amides is 1. The van der Waals surface area contributed by atoms with Crippen LogP contribution in [0.5, 0.6) is 0 Å². The summed E-state index contributed by atoms with van der Waals surface area (Å²) in [5.74, 6) is 0.599. The van der Waals surface area contributed by atoms with Crippen molar-refractivity contribution in [2.24, 2.45) is 5.92 Å². The lowest BCUT2D eigenvalue weighted by atomic mass is 9.96. The minimum absolute atomic E-state index is 0.110. The van der Waals surface area contributed by atoms with Gasteiger partial charge >= 0.3 is 0 Å². The molecule has 0 saturated carbocycles. The molecule has 0 radical (unpaired) electrons. The molecule has 1 fully saturated rings. The predicted octanol–water partition coefficient (Wildman–Crippen LogP) is 0.979. The molecule has 1 unspecified atom stereocenters. The Kier molecular flexibility index (Phi) is 6.62. The van der Waals surface area contributed by atoms with Gasteiger partial charge in [-0.25, -0.2) is 13.1 Å². The van der Waals surface area contributed by atoms with Crippen molar-refractivity contribution >= 4 is 15.9 Å². The number of nitrogens with one attached hydrogen (secondary N) is 1. The van der Waals surface area contributed by atoms with Crippen LogP contribution in [0.3, 0.4) is 0 Å². The van der Waals surface area contributed by atoms with Crippen LogP contribution < -0.4 is 4.72 Å². The van der Waals surface area contributed by atoms with Crippen LogP contribution in [0.4, 0.5) is 0 Å². The number of hydrogen-bond donors (Lipinski definition) is 1. The quantitative estimate of drug-likeness (QED) is 0.723. The summed E-state index contributed by atoms with van der Waals surface area (Å²) in [5.41, 5.74) is -0.586. The first-order valence-corrected chi connectivity index (χ1v) is 9.32. The van der Waals surface area contributed by atoms with Crippen LogP contribution in [-0.2, 0) is 19.6 Å². The van der Waals surface area contributed by atoms with E-state index in [0.717, 1.165) is 12.7 Å². The van der Waals surface area contributed by atoms with E-state index in [9.17, 15) is 13.2 Å². The van der Waals surface area contributed by atoms with Crippen molar-refractivity contribution in [1.29, 1.82) is 0 Å². The number of likely N-dealkylation sites (tertiary alicyclic amines) is 1. The average Bonchev–Trinajstić information content (AvgIpc) is 2.76. The molecule has 124 valence electrons. The van der Waals surface area contributed by atoms with Crippen molar-refractivity contribution in [1.82, 2.24) is 9.62 Å². The van der Waals surface area contributed by atoms with E-state index >= 15 is 0 Å². The van der Waals surface area contributed by atoms with E-state index in [0.29, 0.717) is 44.9 Å². The molecular weight excluding hydrogens is 292 g/mol. The lowest BCUT2D eigenvalue weighted by Crippen LogP contribution is -2.51. The lowest BCUT2D eigenvalue weighted by Gasteiger charge is -2.29. The summed E-state index contributed by atoms with van der Waals surface area (Å²) in [5, 5.41) is 0. The Hall–Kier alpha value is -0.660. The predicted molar refractivity (Wildman–Crippen MR) is 82.5 cm³/mol. The van der Waals surface area contributed by atoms with E-state index in [1.807, 2.05) is 0 Å². The van der Waals surface area contributed by atoms with Gasteiger partial charge in [-0.3, -0.25) is 4.79 Å². The Morgan fingerprint density at radius 3 is 2.62 bits per heavy atom. The van der Waals surface area contributed by atoms with Crippen molar-refractivity contribution in [3.63, 3.8) is 0 Å². The molecule has 0 aromatic carbocycles. The number of carbonyl (C=O) groups is 1. The van der Waals surface area contributed by atoms with E-state index in [1.54, 1.807) is 12.0 Å². The summed E-state index contributed by atoms with van der Waals surface area (Å²) in [6.45, 7) is 5.68. The number of sulfonamides is 1. The van der Waals surface area contributed by atoms with Gasteiger partial charge < -0.3 is 9.64 Å². The maximum Gasteiger partial charge on any atom is 0.222 e. The van der Waals surface area contributed by atoms with Crippen LogP contribution >= 0.6 is 0 Å². The van der Waals surface area contributed by atoms with Crippen LogP contribution in [0.2, 0.25) is 0 Å². The molecule has 7 heteroatoms. The molecule has 0 aliphatic carbocycles. The van der Waals surface area contributed by atoms with Gasteiger partial charge in [0, 0.05) is 33.2 Å². The second-order valence-electron chi connectivity index (χ2n) is 6.40. The summed E-state index contributed by atoms with van der Waals surface area (Å²) < 4.78 is 31.0. The van der Waals surface area contributed by atoms with E-state index < -0.39 is 15.6 Å². The largest absolute Gasteiger partial charge is 0.385 e. The molecule has 0 bridgehead atoms. The average molecular weight is 320 g/mol. The van der Waals surface area contributed by atoms with Crippen molar-refractivity contribution in [3.8, 4) is 0 Å². The number of rotatable bonds is 8. The molecule has 1 heterocycles. The topological polar surface area (TPSA) is 75.7 Å². The van der Waals surface area contributed by atoms with Crippen LogP contribution in [0.1, 0.15) is 39.5 Å². The summed E-state index contributed by atoms with van der Waals surface area (Å²) in [4.78, 5) is 14.0. The second kappa shape index (κ2) is 7.56. The van der Waals surface area contributed by atoms with Crippen molar-refractivity contribution in [2.75, 3.05) is 33.1 Å². The molecule has 0 aromatic rings. The smallest absolute Gasteiger partial charge is 0.222 e. The van der Waals surface area contributed by atoms with Gasteiger partial charge in [0.15, 0.2) is 0 Å². The SMILES string of the molecule is COCCC1(NS(C)(=O)=O)CCN(C(=O)CCC(C)C)C1. The van der Waals surface area contributed by atoms with Gasteiger partial charge in [0.25, 0.3) is 0 Å². The normalized spacial score (nSPS) is 23.0. The molecular formula is C14H28N2O4S. The molecule has 1 amide bonds. The van der Waals surface area contributed by atoms with Crippen molar-refractivity contribution in [2.45, 2.75) is 45.1 Å². The van der Waals surface area contributed by atoms with Gasteiger partial charge in [-0.1, -0.05) is 13.8 Å². The molecule has 1 aliphatic heterocycles. The molecule has 1 saturated heterocycles. The van der Waals surface area contributed by atoms with Crippen LogP contribution in [0, 0.1) is 5.92 Å². The molecule has 1 N–H and O–H groups in total. The number of nitrogens with zero attached hydrogens (tertiary/aromatic N) is 1. The molecule has 1 rings (SSSR count). The highest BCUT2D eigenvalue weighted by molar-refractivity contribution is 7.88. The van der Waals surface area contributed by atoms with E-state index in [2.05, 4.69) is 18.6 Å². The van der Waals surface area contributed by atoms with Crippen molar-refractivity contribution < 1.29 is 17.9 Å². The zero-order valence-corrected chi connectivity index (χ0v) is 14.3. The Labute approximate surface area is 128 Å². The van der Waals surface area contributed by atoms with Gasteiger partial charge in [-0.05, 0) is 25.2 Å². The molecule has 0 aromatic heterocycles. The first kappa shape index (κ1) is 18.4. The molecule has 21 heavy (non-hydrogen) atoms. The number of ether oxygens (including phenoxy) is 1. The third kappa shape index (κ3) is 6.32. The Balaban J connectivity index is 2.69. The Morgan fingerprint density at radius 2 is 2.10 bits per heavy atom. The van der Waals surface area contributed by atoms with Crippen molar-refractivity contribution in [3.05, 3.63) is 0 Å². The molecule has 1 atom stereocenters. The summed E-state index contributed by atoms with van der Waals surface area (Å²) >= 11 is 0. The fraction of sp³-hybridized carbons (Fsp3) is 0.929. The molecule has 1 aliphatic rings. The molecule has 6 nitrogen and oxygen atoms in total. The summed E-state index contributed by atoms with van der Waals surface area (Å²) in [6.07, 6.45) is 3.75. The standard InChI is InChI=1S/C14H28N2O4S/c1-12(2)5-6-13(17)16-9-7-14(11-16,8-10-20-3)15-21(4,18)19/h12,15H,5-11H2,1-4H3. The number of methoxy groups -OCH3 is 1. The van der Waals surface area contributed by atoms with E-state index in [1.165, 1.54) is 0 Å². The monoisotopic (exact) mass is 320 g/mol. The fourth-order valence-electron chi connectivity index (χ4n) is 2.68. The highest BCUT2D eigenvalue weighted by Gasteiger charge is 2.41. The van der Waals surface area contributed by atoms with Crippen LogP contribution in [0.15, 0.2) is 0 Å². The highest BCUT2D eigenvalue weighted by atomic mass is 32.2. The molecule has 0 spiro atoms. The van der Waals surface area contributed by atoms with Crippen LogP contribution in [-0.4, -0.2) is 57.8 Å². The summed E-state index contributed by atoms with van der Waals surface area (Å²) in [7, 11) is -1.72. The van der Waals surface area contributed by atoms with Gasteiger partial charge in [0.1, 0.15) is 0 Å². The second-order valence-corrected chi connectivity index (χ2v) is 8.14. The maximum atomic E-state index is 12.2. The maximum absolute atomic E-state index is 12.2. The van der Waals surface area contributed by atoms with E-state index in [-0.39, 0.29) is 5.91 Å². The summed E-state index contributed by atoms with van der Waals surface area (Å²) in [6, 6.07) is 0. The minimum Gasteiger partial charge on any atom is -0.385 e. The zero-order chi connectivity index (χ0) is 16.1. The number of hydrogen-bond acceptors (Lipinski definition) is 4. The van der Waals surface area contributed by atoms with Crippen LogP contribution in [0.25, 0.3) is 0 Å². The first-order valence-electron chi connectivity index (χ1n) is 7.43. The first-order chi connectivity index (χ1) is 9.67. The van der Waals surface area contributed by atoms with Gasteiger partial charge in [0.05, 0.1) is 11.8 Å². The fourth-order valence-corrected chi connectivity index (χ4v) is 3.74. The third-order valence-corrected chi connectivity index (χ3v) is 4.63. The lowest BCUT2D eigenvalue weighted by molar-refractivity contribution is -0.130.